The van der Waals surface area contributed by atoms with Gasteiger partial charge in [-0.3, -0.25) is 0 Å². The first-order chi connectivity index (χ1) is 7.17. The molecule has 0 bridgehead atoms. The number of hydrogen-bond donors (Lipinski definition) is 2. The summed E-state index contributed by atoms with van der Waals surface area (Å²) in [4.78, 5) is 0. The van der Waals surface area contributed by atoms with Crippen LogP contribution < -0.4 is 10.6 Å². The van der Waals surface area contributed by atoms with Crippen LogP contribution in [-0.4, -0.2) is 11.7 Å². The van der Waals surface area contributed by atoms with Crippen molar-refractivity contribution >= 4 is 34.6 Å². The van der Waals surface area contributed by atoms with Crippen molar-refractivity contribution in [2.75, 3.05) is 11.9 Å². The van der Waals surface area contributed by atoms with Crippen molar-refractivity contribution in [3.05, 3.63) is 28.8 Å². The van der Waals surface area contributed by atoms with Crippen molar-refractivity contribution in [2.24, 2.45) is 0 Å². The van der Waals surface area contributed by atoms with Crippen LogP contribution in [0.1, 0.15) is 12.5 Å². The topological polar surface area (TPSA) is 47.8 Å². The third-order valence-electron chi connectivity index (χ3n) is 1.68. The molecule has 2 N–H and O–H groups in total. The number of nitriles is 1. The third-order valence-corrected chi connectivity index (χ3v) is 2.24. The molecule has 0 spiro atoms. The minimum Gasteiger partial charge on any atom is -0.363 e. The molecule has 0 saturated heterocycles. The molecule has 0 aromatic heterocycles. The van der Waals surface area contributed by atoms with Crippen molar-refractivity contribution in [3.63, 3.8) is 0 Å². The Hall–Kier alpha value is -1.31. The molecule has 0 unspecified atom stereocenters. The molecule has 0 aliphatic heterocycles. The molecule has 0 fully saturated rings. The number of halogens is 1. The van der Waals surface area contributed by atoms with E-state index < -0.39 is 0 Å². The Labute approximate surface area is 99.0 Å². The Bertz CT molecular complexity index is 412. The Morgan fingerprint density at radius 3 is 2.87 bits per heavy atom. The Morgan fingerprint density at radius 2 is 2.33 bits per heavy atom. The summed E-state index contributed by atoms with van der Waals surface area (Å²) in [5.74, 6) is 0. The van der Waals surface area contributed by atoms with E-state index >= 15 is 0 Å². The predicted molar refractivity (Wildman–Crippen MR) is 66.1 cm³/mol. The maximum absolute atomic E-state index is 8.65. The molecule has 0 aliphatic carbocycles. The van der Waals surface area contributed by atoms with Crippen LogP contribution in [-0.2, 0) is 0 Å². The molecule has 0 amide bonds. The maximum Gasteiger partial charge on any atom is 0.170 e. The van der Waals surface area contributed by atoms with E-state index in [9.17, 15) is 0 Å². The first-order valence-corrected chi connectivity index (χ1v) is 5.20. The molecule has 1 aromatic carbocycles. The summed E-state index contributed by atoms with van der Waals surface area (Å²) in [6.45, 7) is 2.70. The number of anilines is 1. The molecule has 15 heavy (non-hydrogen) atoms. The van der Waals surface area contributed by atoms with E-state index in [1.54, 1.807) is 18.2 Å². The predicted octanol–water partition coefficient (Wildman–Crippen LogP) is 2.52. The standard InChI is InChI=1S/C10H10ClN3S/c1-2-13-10(15)14-9-4-3-7(6-12)5-8(9)11/h3-5H,2H2,1H3,(H2,13,14,15). The van der Waals surface area contributed by atoms with Gasteiger partial charge in [0.25, 0.3) is 0 Å². The van der Waals surface area contributed by atoms with Gasteiger partial charge in [-0.25, -0.2) is 0 Å². The highest BCUT2D eigenvalue weighted by atomic mass is 35.5. The number of rotatable bonds is 2. The highest BCUT2D eigenvalue weighted by molar-refractivity contribution is 7.80. The van der Waals surface area contributed by atoms with Crippen LogP contribution in [0.4, 0.5) is 5.69 Å². The molecule has 0 radical (unpaired) electrons. The quantitative estimate of drug-likeness (QED) is 0.779. The fourth-order valence-corrected chi connectivity index (χ4v) is 1.50. The summed E-state index contributed by atoms with van der Waals surface area (Å²) >= 11 is 11.0. The van der Waals surface area contributed by atoms with E-state index in [0.717, 1.165) is 6.54 Å². The fraction of sp³-hybridized carbons (Fsp3) is 0.200. The molecule has 0 saturated carbocycles. The van der Waals surface area contributed by atoms with Crippen LogP contribution in [0.3, 0.4) is 0 Å². The zero-order valence-corrected chi connectivity index (χ0v) is 9.75. The van der Waals surface area contributed by atoms with E-state index in [2.05, 4.69) is 10.6 Å². The number of hydrogen-bond acceptors (Lipinski definition) is 2. The van der Waals surface area contributed by atoms with Crippen molar-refractivity contribution in [2.45, 2.75) is 6.92 Å². The van der Waals surface area contributed by atoms with E-state index in [1.807, 2.05) is 13.0 Å². The van der Waals surface area contributed by atoms with Crippen molar-refractivity contribution in [1.29, 1.82) is 5.26 Å². The van der Waals surface area contributed by atoms with Crippen LogP contribution in [0, 0.1) is 11.3 Å². The number of nitrogens with one attached hydrogen (secondary N) is 2. The lowest BCUT2D eigenvalue weighted by molar-refractivity contribution is 0.979. The lowest BCUT2D eigenvalue weighted by Crippen LogP contribution is -2.27. The van der Waals surface area contributed by atoms with Crippen LogP contribution in [0.5, 0.6) is 0 Å². The van der Waals surface area contributed by atoms with Gasteiger partial charge in [-0.05, 0) is 37.3 Å². The second kappa shape index (κ2) is 5.54. The van der Waals surface area contributed by atoms with Gasteiger partial charge in [0.2, 0.25) is 0 Å². The van der Waals surface area contributed by atoms with Crippen molar-refractivity contribution in [3.8, 4) is 6.07 Å². The minimum absolute atomic E-state index is 0.481. The third kappa shape index (κ3) is 3.39. The highest BCUT2D eigenvalue weighted by Crippen LogP contribution is 2.22. The van der Waals surface area contributed by atoms with Gasteiger partial charge in [0.15, 0.2) is 5.11 Å². The van der Waals surface area contributed by atoms with Crippen LogP contribution in [0.2, 0.25) is 5.02 Å². The average Bonchev–Trinajstić information content (AvgIpc) is 2.21. The van der Waals surface area contributed by atoms with Gasteiger partial charge in [0, 0.05) is 6.54 Å². The maximum atomic E-state index is 8.65. The summed E-state index contributed by atoms with van der Waals surface area (Å²) in [6, 6.07) is 7.02. The molecule has 3 nitrogen and oxygen atoms in total. The SMILES string of the molecule is CCNC(=S)Nc1ccc(C#N)cc1Cl. The van der Waals surface area contributed by atoms with Gasteiger partial charge < -0.3 is 10.6 Å². The Kier molecular flexibility index (Phi) is 4.35. The van der Waals surface area contributed by atoms with Gasteiger partial charge in [-0.2, -0.15) is 5.26 Å². The largest absolute Gasteiger partial charge is 0.363 e. The van der Waals surface area contributed by atoms with Crippen LogP contribution in [0.15, 0.2) is 18.2 Å². The molecule has 0 atom stereocenters. The van der Waals surface area contributed by atoms with E-state index in [0.29, 0.717) is 21.4 Å². The average molecular weight is 240 g/mol. The molecular weight excluding hydrogens is 230 g/mol. The van der Waals surface area contributed by atoms with Crippen LogP contribution >= 0.6 is 23.8 Å². The minimum atomic E-state index is 0.481. The van der Waals surface area contributed by atoms with Crippen molar-refractivity contribution < 1.29 is 0 Å². The molecule has 1 aromatic rings. The normalized spacial score (nSPS) is 9.13. The zero-order valence-electron chi connectivity index (χ0n) is 8.17. The summed E-state index contributed by atoms with van der Waals surface area (Å²) in [6.07, 6.45) is 0. The number of nitrogens with zero attached hydrogens (tertiary/aromatic N) is 1. The summed E-state index contributed by atoms with van der Waals surface area (Å²) in [7, 11) is 0. The molecular formula is C10H10ClN3S. The lowest BCUT2D eigenvalue weighted by atomic mass is 10.2. The lowest BCUT2D eigenvalue weighted by Gasteiger charge is -2.10. The van der Waals surface area contributed by atoms with Gasteiger partial charge in [0.1, 0.15) is 0 Å². The first-order valence-electron chi connectivity index (χ1n) is 4.42. The summed E-state index contributed by atoms with van der Waals surface area (Å²) in [5.41, 5.74) is 1.22. The number of benzene rings is 1. The van der Waals surface area contributed by atoms with E-state index in [4.69, 9.17) is 29.1 Å². The second-order valence-corrected chi connectivity index (χ2v) is 3.61. The van der Waals surface area contributed by atoms with E-state index in [-0.39, 0.29) is 0 Å². The van der Waals surface area contributed by atoms with Gasteiger partial charge in [-0.15, -0.1) is 0 Å². The molecule has 0 heterocycles. The summed E-state index contributed by atoms with van der Waals surface area (Å²) in [5, 5.41) is 15.5. The summed E-state index contributed by atoms with van der Waals surface area (Å²) < 4.78 is 0. The Balaban J connectivity index is 2.79. The van der Waals surface area contributed by atoms with Gasteiger partial charge in [-0.1, -0.05) is 11.6 Å². The van der Waals surface area contributed by atoms with E-state index in [1.165, 1.54) is 0 Å². The van der Waals surface area contributed by atoms with Gasteiger partial charge >= 0.3 is 0 Å². The zero-order chi connectivity index (χ0) is 11.3. The first kappa shape index (κ1) is 11.8. The second-order valence-electron chi connectivity index (χ2n) is 2.79. The smallest absolute Gasteiger partial charge is 0.170 e. The highest BCUT2D eigenvalue weighted by Gasteiger charge is 2.02. The molecule has 0 aliphatic rings. The number of thiocarbonyl (C=S) groups is 1. The fourth-order valence-electron chi connectivity index (χ4n) is 1.01. The molecule has 1 rings (SSSR count). The monoisotopic (exact) mass is 239 g/mol. The molecule has 5 heteroatoms. The van der Waals surface area contributed by atoms with Gasteiger partial charge in [0.05, 0.1) is 22.3 Å². The van der Waals surface area contributed by atoms with Crippen LogP contribution in [0.25, 0.3) is 0 Å². The van der Waals surface area contributed by atoms with Crippen molar-refractivity contribution in [1.82, 2.24) is 5.32 Å². The Morgan fingerprint density at radius 1 is 1.60 bits per heavy atom. The molecule has 78 valence electrons.